The zero-order valence-electron chi connectivity index (χ0n) is 12.5. The number of hydrogen-bond donors (Lipinski definition) is 1. The molecule has 1 saturated heterocycles. The number of aromatic nitrogens is 1. The smallest absolute Gasteiger partial charge is 0.119 e. The molecule has 1 fully saturated rings. The molecule has 1 aliphatic heterocycles. The van der Waals surface area contributed by atoms with Crippen LogP contribution in [0.1, 0.15) is 41.1 Å². The van der Waals surface area contributed by atoms with Crippen molar-refractivity contribution in [2.24, 2.45) is 0 Å². The molecule has 0 atom stereocenters. The summed E-state index contributed by atoms with van der Waals surface area (Å²) in [4.78, 5) is 6.07. The maximum atomic E-state index is 5.48. The van der Waals surface area contributed by atoms with Gasteiger partial charge >= 0.3 is 0 Å². The molecule has 1 aliphatic rings. The minimum absolute atomic E-state index is 0.706. The average molecular weight is 302 g/mol. The van der Waals surface area contributed by atoms with Crippen molar-refractivity contribution in [2.75, 3.05) is 19.7 Å². The van der Waals surface area contributed by atoms with Crippen molar-refractivity contribution in [2.45, 2.75) is 32.1 Å². The first-order valence-corrected chi connectivity index (χ1v) is 8.54. The third kappa shape index (κ3) is 3.83. The topological polar surface area (TPSA) is 34.1 Å². The van der Waals surface area contributed by atoms with Gasteiger partial charge in [-0.1, -0.05) is 12.1 Å². The third-order valence-corrected chi connectivity index (χ3v) is 5.06. The molecule has 1 aromatic carbocycles. The summed E-state index contributed by atoms with van der Waals surface area (Å²) in [6.45, 7) is 4.99. The van der Waals surface area contributed by atoms with Gasteiger partial charge in [0.25, 0.3) is 0 Å². The van der Waals surface area contributed by atoms with Gasteiger partial charge in [0.05, 0.1) is 11.6 Å². The Morgan fingerprint density at radius 3 is 2.71 bits per heavy atom. The zero-order chi connectivity index (χ0) is 14.5. The molecule has 4 heteroatoms. The number of rotatable bonds is 5. The molecule has 1 N–H and O–H groups in total. The number of nitrogens with zero attached hydrogens (tertiary/aromatic N) is 1. The van der Waals surface area contributed by atoms with Gasteiger partial charge in [0.2, 0.25) is 0 Å². The van der Waals surface area contributed by atoms with Gasteiger partial charge in [0, 0.05) is 17.5 Å². The molecule has 3 nitrogen and oxygen atoms in total. The lowest BCUT2D eigenvalue weighted by Crippen LogP contribution is -2.26. The summed E-state index contributed by atoms with van der Waals surface area (Å²) < 4.78 is 5.48. The van der Waals surface area contributed by atoms with E-state index in [0.717, 1.165) is 25.3 Å². The van der Waals surface area contributed by atoms with Crippen molar-refractivity contribution in [1.29, 1.82) is 0 Å². The van der Waals surface area contributed by atoms with Crippen LogP contribution in [0.2, 0.25) is 0 Å². The fraction of sp³-hybridized carbons (Fsp3) is 0.471. The Labute approximate surface area is 130 Å². The fourth-order valence-corrected chi connectivity index (χ4v) is 3.87. The van der Waals surface area contributed by atoms with E-state index in [2.05, 4.69) is 28.6 Å². The van der Waals surface area contributed by atoms with Gasteiger partial charge in [-0.2, -0.15) is 0 Å². The molecule has 3 rings (SSSR count). The number of ether oxygens (including phenoxy) is 1. The highest BCUT2D eigenvalue weighted by atomic mass is 32.1. The summed E-state index contributed by atoms with van der Waals surface area (Å²) in [7, 11) is 0. The largest absolute Gasteiger partial charge is 0.494 e. The summed E-state index contributed by atoms with van der Waals surface area (Å²) >= 11 is 1.88. The molecular weight excluding hydrogens is 280 g/mol. The molecule has 0 saturated carbocycles. The van der Waals surface area contributed by atoms with Crippen LogP contribution < -0.4 is 10.1 Å². The number of piperidine rings is 1. The summed E-state index contributed by atoms with van der Waals surface area (Å²) in [5.41, 5.74) is 1.30. The van der Waals surface area contributed by atoms with Crippen LogP contribution in [0.4, 0.5) is 0 Å². The van der Waals surface area contributed by atoms with Crippen LogP contribution in [0, 0.1) is 0 Å². The summed E-state index contributed by atoms with van der Waals surface area (Å²) in [5.74, 6) is 1.65. The van der Waals surface area contributed by atoms with Gasteiger partial charge in [-0.15, -0.1) is 11.3 Å². The Hall–Kier alpha value is -1.39. The minimum Gasteiger partial charge on any atom is -0.494 e. The second-order valence-electron chi connectivity index (χ2n) is 5.43. The van der Waals surface area contributed by atoms with Crippen LogP contribution in [-0.4, -0.2) is 24.7 Å². The lowest BCUT2D eigenvalue weighted by Gasteiger charge is -2.20. The Morgan fingerprint density at radius 2 is 2.00 bits per heavy atom. The predicted octanol–water partition coefficient (Wildman–Crippen LogP) is 3.60. The maximum absolute atomic E-state index is 5.48. The first-order chi connectivity index (χ1) is 10.3. The molecule has 21 heavy (non-hydrogen) atoms. The minimum atomic E-state index is 0.706. The first-order valence-electron chi connectivity index (χ1n) is 7.72. The van der Waals surface area contributed by atoms with E-state index < -0.39 is 0 Å². The lowest BCUT2D eigenvalue weighted by atomic mass is 9.97. The molecule has 2 heterocycles. The van der Waals surface area contributed by atoms with Crippen LogP contribution >= 0.6 is 11.3 Å². The predicted molar refractivity (Wildman–Crippen MR) is 87.4 cm³/mol. The molecule has 0 spiro atoms. The number of benzene rings is 1. The second-order valence-corrected chi connectivity index (χ2v) is 6.58. The van der Waals surface area contributed by atoms with Gasteiger partial charge in [-0.3, -0.25) is 0 Å². The Kier molecular flexibility index (Phi) is 4.88. The highest BCUT2D eigenvalue weighted by Gasteiger charge is 2.17. The zero-order valence-corrected chi connectivity index (χ0v) is 13.3. The highest BCUT2D eigenvalue weighted by Crippen LogP contribution is 2.30. The van der Waals surface area contributed by atoms with Crippen LogP contribution in [0.3, 0.4) is 0 Å². The Balaban J connectivity index is 1.63. The van der Waals surface area contributed by atoms with Crippen molar-refractivity contribution in [3.63, 3.8) is 0 Å². The normalized spacial score (nSPS) is 16.0. The van der Waals surface area contributed by atoms with E-state index in [1.165, 1.54) is 28.3 Å². The van der Waals surface area contributed by atoms with E-state index in [4.69, 9.17) is 4.74 Å². The van der Waals surface area contributed by atoms with E-state index >= 15 is 0 Å². The van der Waals surface area contributed by atoms with E-state index in [-0.39, 0.29) is 0 Å². The van der Waals surface area contributed by atoms with Crippen molar-refractivity contribution in [3.05, 3.63) is 45.9 Å². The molecule has 0 aliphatic carbocycles. The molecule has 0 radical (unpaired) electrons. The molecule has 1 aromatic heterocycles. The van der Waals surface area contributed by atoms with Crippen molar-refractivity contribution in [3.8, 4) is 5.75 Å². The Morgan fingerprint density at radius 1 is 1.24 bits per heavy atom. The standard InChI is InChI=1S/C17H22N2OS/c1-2-20-15-5-3-13(4-6-15)11-17-19-12-16(21-17)14-7-9-18-10-8-14/h3-6,12,14,18H,2,7-11H2,1H3. The van der Waals surface area contributed by atoms with Crippen molar-refractivity contribution >= 4 is 11.3 Å². The average Bonchev–Trinajstić information content (AvgIpc) is 2.99. The molecule has 112 valence electrons. The van der Waals surface area contributed by atoms with Crippen molar-refractivity contribution in [1.82, 2.24) is 10.3 Å². The number of hydrogen-bond acceptors (Lipinski definition) is 4. The van der Waals surface area contributed by atoms with Crippen molar-refractivity contribution < 1.29 is 4.74 Å². The summed E-state index contributed by atoms with van der Waals surface area (Å²) in [5, 5.41) is 4.63. The second kappa shape index (κ2) is 7.05. The first kappa shape index (κ1) is 14.5. The third-order valence-electron chi connectivity index (χ3n) is 3.90. The van der Waals surface area contributed by atoms with Crippen LogP contribution in [0.5, 0.6) is 5.75 Å². The molecule has 0 amide bonds. The SMILES string of the molecule is CCOc1ccc(Cc2ncc(C3CCNCC3)s2)cc1. The van der Waals surface area contributed by atoms with Gasteiger partial charge in [-0.25, -0.2) is 4.98 Å². The van der Waals surface area contributed by atoms with E-state index in [1.54, 1.807) is 0 Å². The summed E-state index contributed by atoms with van der Waals surface area (Å²) in [6, 6.07) is 8.35. The maximum Gasteiger partial charge on any atom is 0.119 e. The number of thiazole rings is 1. The van der Waals surface area contributed by atoms with E-state index in [0.29, 0.717) is 12.5 Å². The number of nitrogens with one attached hydrogen (secondary N) is 1. The monoisotopic (exact) mass is 302 g/mol. The fourth-order valence-electron chi connectivity index (χ4n) is 2.75. The van der Waals surface area contributed by atoms with E-state index in [9.17, 15) is 0 Å². The highest BCUT2D eigenvalue weighted by molar-refractivity contribution is 7.11. The van der Waals surface area contributed by atoms with Gasteiger partial charge in [0.1, 0.15) is 5.75 Å². The summed E-state index contributed by atoms with van der Waals surface area (Å²) in [6.07, 6.45) is 5.49. The van der Waals surface area contributed by atoms with Crippen LogP contribution in [0.25, 0.3) is 0 Å². The lowest BCUT2D eigenvalue weighted by molar-refractivity contribution is 0.340. The van der Waals surface area contributed by atoms with Crippen LogP contribution in [0.15, 0.2) is 30.5 Å². The van der Waals surface area contributed by atoms with Crippen LogP contribution in [-0.2, 0) is 6.42 Å². The van der Waals surface area contributed by atoms with E-state index in [1.807, 2.05) is 30.4 Å². The quantitative estimate of drug-likeness (QED) is 0.916. The Bertz CT molecular complexity index is 558. The molecular formula is C17H22N2OS. The van der Waals surface area contributed by atoms with Gasteiger partial charge < -0.3 is 10.1 Å². The molecule has 0 unspecified atom stereocenters. The van der Waals surface area contributed by atoms with Gasteiger partial charge in [0.15, 0.2) is 0 Å². The molecule has 0 bridgehead atoms. The van der Waals surface area contributed by atoms with Gasteiger partial charge in [-0.05, 0) is 56.5 Å². The molecule has 2 aromatic rings.